The Morgan fingerprint density at radius 2 is 1.81 bits per heavy atom. The molecular weight excluding hydrogens is 198 g/mol. The van der Waals surface area contributed by atoms with Crippen LogP contribution in [0.25, 0.3) is 0 Å². The van der Waals surface area contributed by atoms with Crippen LogP contribution < -0.4 is 10.5 Å². The fourth-order valence-corrected chi connectivity index (χ4v) is 2.15. The molecule has 0 aliphatic rings. The van der Waals surface area contributed by atoms with Gasteiger partial charge in [0.2, 0.25) is 0 Å². The number of rotatable bonds is 5. The summed E-state index contributed by atoms with van der Waals surface area (Å²) < 4.78 is 5.36. The molecule has 1 aromatic carbocycles. The van der Waals surface area contributed by atoms with Crippen LogP contribution in [0, 0.1) is 11.8 Å². The number of hydrogen-bond donors (Lipinski definition) is 1. The second-order valence-corrected chi connectivity index (χ2v) is 4.78. The van der Waals surface area contributed by atoms with E-state index in [1.807, 2.05) is 12.1 Å². The summed E-state index contributed by atoms with van der Waals surface area (Å²) >= 11 is 0. The van der Waals surface area contributed by atoms with Gasteiger partial charge in [-0.3, -0.25) is 0 Å². The summed E-state index contributed by atoms with van der Waals surface area (Å²) in [5, 5.41) is 0. The molecule has 2 atom stereocenters. The lowest BCUT2D eigenvalue weighted by Crippen LogP contribution is -2.32. The average Bonchev–Trinajstić information content (AvgIpc) is 2.25. The molecule has 2 N–H and O–H groups in total. The van der Waals surface area contributed by atoms with E-state index in [-0.39, 0.29) is 6.04 Å². The van der Waals surface area contributed by atoms with E-state index in [9.17, 15) is 0 Å². The van der Waals surface area contributed by atoms with E-state index < -0.39 is 0 Å². The molecule has 1 rings (SSSR count). The van der Waals surface area contributed by atoms with Crippen LogP contribution in [0.3, 0.4) is 0 Å². The van der Waals surface area contributed by atoms with Crippen LogP contribution in [0.4, 0.5) is 0 Å². The van der Waals surface area contributed by atoms with E-state index in [1.165, 1.54) is 5.56 Å². The third kappa shape index (κ3) is 3.24. The second-order valence-electron chi connectivity index (χ2n) is 4.78. The molecule has 0 saturated carbocycles. The van der Waals surface area contributed by atoms with Gasteiger partial charge < -0.3 is 10.5 Å². The van der Waals surface area contributed by atoms with Crippen LogP contribution in [0.2, 0.25) is 0 Å². The summed E-state index contributed by atoms with van der Waals surface area (Å²) in [6.45, 7) is 6.53. The Balaban J connectivity index is 2.85. The van der Waals surface area contributed by atoms with Crippen molar-refractivity contribution >= 4 is 0 Å². The fourth-order valence-electron chi connectivity index (χ4n) is 2.15. The predicted molar refractivity (Wildman–Crippen MR) is 68.7 cm³/mol. The summed E-state index contributed by atoms with van der Waals surface area (Å²) in [4.78, 5) is 0. The lowest BCUT2D eigenvalue weighted by Gasteiger charge is -2.25. The van der Waals surface area contributed by atoms with Gasteiger partial charge in [-0.1, -0.05) is 32.0 Å². The molecule has 0 aliphatic carbocycles. The molecule has 90 valence electrons. The zero-order valence-electron chi connectivity index (χ0n) is 10.7. The highest BCUT2D eigenvalue weighted by Crippen LogP contribution is 2.25. The minimum atomic E-state index is 0.213. The van der Waals surface area contributed by atoms with Crippen LogP contribution >= 0.6 is 0 Å². The molecule has 0 radical (unpaired) electrons. The predicted octanol–water partition coefficient (Wildman–Crippen LogP) is 2.86. The molecule has 0 heterocycles. The molecule has 0 aromatic heterocycles. The third-order valence-corrected chi connectivity index (χ3v) is 3.18. The molecule has 16 heavy (non-hydrogen) atoms. The Labute approximate surface area is 98.8 Å². The van der Waals surface area contributed by atoms with Crippen molar-refractivity contribution in [1.82, 2.24) is 0 Å². The smallest absolute Gasteiger partial charge is 0.122 e. The minimum Gasteiger partial charge on any atom is -0.496 e. The molecule has 0 bridgehead atoms. The van der Waals surface area contributed by atoms with Gasteiger partial charge in [-0.2, -0.15) is 0 Å². The third-order valence-electron chi connectivity index (χ3n) is 3.18. The highest BCUT2D eigenvalue weighted by molar-refractivity contribution is 5.33. The van der Waals surface area contributed by atoms with E-state index >= 15 is 0 Å². The normalized spacial score (nSPS) is 14.9. The van der Waals surface area contributed by atoms with Crippen molar-refractivity contribution in [2.45, 2.75) is 33.2 Å². The number of para-hydroxylation sites is 1. The highest BCUT2D eigenvalue weighted by atomic mass is 16.5. The van der Waals surface area contributed by atoms with Gasteiger partial charge in [0.25, 0.3) is 0 Å². The molecule has 1 aromatic rings. The van der Waals surface area contributed by atoms with Crippen LogP contribution in [0.15, 0.2) is 24.3 Å². The molecule has 0 fully saturated rings. The largest absolute Gasteiger partial charge is 0.496 e. The van der Waals surface area contributed by atoms with Crippen molar-refractivity contribution in [2.24, 2.45) is 17.6 Å². The van der Waals surface area contributed by atoms with Crippen molar-refractivity contribution in [3.05, 3.63) is 29.8 Å². The topological polar surface area (TPSA) is 35.2 Å². The monoisotopic (exact) mass is 221 g/mol. The summed E-state index contributed by atoms with van der Waals surface area (Å²) in [6.07, 6.45) is 0.985. The van der Waals surface area contributed by atoms with Gasteiger partial charge in [0.1, 0.15) is 5.75 Å². The first-order valence-electron chi connectivity index (χ1n) is 5.93. The van der Waals surface area contributed by atoms with E-state index in [0.29, 0.717) is 11.8 Å². The Bertz CT molecular complexity index is 312. The maximum Gasteiger partial charge on any atom is 0.122 e. The first kappa shape index (κ1) is 13.0. The molecule has 2 nitrogen and oxygen atoms in total. The van der Waals surface area contributed by atoms with Crippen molar-refractivity contribution < 1.29 is 4.74 Å². The van der Waals surface area contributed by atoms with Gasteiger partial charge in [-0.15, -0.1) is 0 Å². The number of methoxy groups -OCH3 is 1. The van der Waals surface area contributed by atoms with Crippen LogP contribution in [-0.4, -0.2) is 13.2 Å². The summed E-state index contributed by atoms with van der Waals surface area (Å²) in [6, 6.07) is 8.39. The number of nitrogens with two attached hydrogens (primary N) is 1. The van der Waals surface area contributed by atoms with Crippen molar-refractivity contribution in [3.63, 3.8) is 0 Å². The molecule has 0 spiro atoms. The quantitative estimate of drug-likeness (QED) is 0.829. The van der Waals surface area contributed by atoms with Crippen LogP contribution in [-0.2, 0) is 6.42 Å². The number of hydrogen-bond acceptors (Lipinski definition) is 2. The van der Waals surface area contributed by atoms with Gasteiger partial charge in [0.15, 0.2) is 0 Å². The summed E-state index contributed by atoms with van der Waals surface area (Å²) in [5.74, 6) is 2.05. The fraction of sp³-hybridized carbons (Fsp3) is 0.571. The van der Waals surface area contributed by atoms with Crippen LogP contribution in [0.5, 0.6) is 5.75 Å². The van der Waals surface area contributed by atoms with E-state index in [2.05, 4.69) is 32.9 Å². The Kier molecular flexibility index (Phi) is 4.81. The SMILES string of the molecule is COc1ccccc1CC(C(C)C)C(C)N. The van der Waals surface area contributed by atoms with Gasteiger partial charge in [0, 0.05) is 6.04 Å². The Morgan fingerprint density at radius 3 is 2.31 bits per heavy atom. The van der Waals surface area contributed by atoms with E-state index in [1.54, 1.807) is 7.11 Å². The molecule has 0 amide bonds. The molecule has 2 heteroatoms. The first-order valence-corrected chi connectivity index (χ1v) is 5.93. The maximum absolute atomic E-state index is 6.04. The number of ether oxygens (including phenoxy) is 1. The average molecular weight is 221 g/mol. The molecular formula is C14H23NO. The van der Waals surface area contributed by atoms with Gasteiger partial charge in [-0.25, -0.2) is 0 Å². The molecule has 0 aliphatic heterocycles. The standard InChI is InChI=1S/C14H23NO/c1-10(2)13(11(3)15)9-12-7-5-6-8-14(12)16-4/h5-8,10-11,13H,9,15H2,1-4H3. The van der Waals surface area contributed by atoms with Crippen molar-refractivity contribution in [2.75, 3.05) is 7.11 Å². The zero-order chi connectivity index (χ0) is 12.1. The van der Waals surface area contributed by atoms with Gasteiger partial charge in [0.05, 0.1) is 7.11 Å². The Morgan fingerprint density at radius 1 is 1.19 bits per heavy atom. The van der Waals surface area contributed by atoms with Crippen LogP contribution in [0.1, 0.15) is 26.3 Å². The lowest BCUT2D eigenvalue weighted by molar-refractivity contribution is 0.323. The van der Waals surface area contributed by atoms with Crippen molar-refractivity contribution in [3.8, 4) is 5.75 Å². The minimum absolute atomic E-state index is 0.213. The maximum atomic E-state index is 6.04. The van der Waals surface area contributed by atoms with Crippen molar-refractivity contribution in [1.29, 1.82) is 0 Å². The zero-order valence-corrected chi connectivity index (χ0v) is 10.7. The Hall–Kier alpha value is -1.02. The molecule has 0 saturated heterocycles. The summed E-state index contributed by atoms with van der Waals surface area (Å²) in [7, 11) is 1.72. The lowest BCUT2D eigenvalue weighted by atomic mass is 9.84. The highest BCUT2D eigenvalue weighted by Gasteiger charge is 2.19. The van der Waals surface area contributed by atoms with Gasteiger partial charge >= 0.3 is 0 Å². The summed E-state index contributed by atoms with van der Waals surface area (Å²) in [5.41, 5.74) is 7.29. The molecule has 2 unspecified atom stereocenters. The second kappa shape index (κ2) is 5.90. The van der Waals surface area contributed by atoms with E-state index in [0.717, 1.165) is 12.2 Å². The van der Waals surface area contributed by atoms with Gasteiger partial charge in [-0.05, 0) is 36.8 Å². The number of benzene rings is 1. The van der Waals surface area contributed by atoms with E-state index in [4.69, 9.17) is 10.5 Å². The first-order chi connectivity index (χ1) is 7.56.